The predicted molar refractivity (Wildman–Crippen MR) is 464 cm³/mol. The molecule has 10 heterocycles. The first-order chi connectivity index (χ1) is 52.7. The van der Waals surface area contributed by atoms with E-state index in [4.69, 9.17) is 0 Å². The van der Waals surface area contributed by atoms with Crippen LogP contribution in [0.4, 0.5) is 136 Å². The normalized spacial score (nSPS) is 15.0. The van der Waals surface area contributed by atoms with Gasteiger partial charge in [-0.15, -0.1) is 0 Å². The van der Waals surface area contributed by atoms with Gasteiger partial charge in [-0.2, -0.15) is 0 Å². The molecular weight excluding hydrogens is 1390 g/mol. The molecule has 8 nitrogen and oxygen atoms in total. The van der Waals surface area contributed by atoms with Gasteiger partial charge in [0.1, 0.15) is 0 Å². The summed E-state index contributed by atoms with van der Waals surface area (Å²) in [7, 11) is 0. The van der Waals surface area contributed by atoms with Crippen molar-refractivity contribution in [2.45, 2.75) is 105 Å². The Hall–Kier alpha value is -11.6. The monoisotopic (exact) mass is 1470 g/mol. The maximum absolute atomic E-state index is 2.85. The van der Waals surface area contributed by atoms with Crippen molar-refractivity contribution in [1.29, 1.82) is 0 Å². The molecule has 23 rings (SSSR count). The van der Waals surface area contributed by atoms with Crippen LogP contribution in [0, 0.1) is 0 Å². The van der Waals surface area contributed by atoms with E-state index in [0.717, 1.165) is 22.7 Å². The molecule has 14 aromatic rings. The fraction of sp³-hybridized carbons (Fsp3) is 0.163. The van der Waals surface area contributed by atoms with Gasteiger partial charge in [-0.1, -0.05) is 77.9 Å². The summed E-state index contributed by atoms with van der Waals surface area (Å²) < 4.78 is 2.76. The van der Waals surface area contributed by atoms with Crippen LogP contribution in [0.3, 0.4) is 0 Å². The number of para-hydroxylation sites is 4. The van der Waals surface area contributed by atoms with Crippen molar-refractivity contribution < 1.29 is 0 Å². The van der Waals surface area contributed by atoms with Crippen molar-refractivity contribution in [3.63, 3.8) is 0 Å². The average molecular weight is 1470 g/mol. The fourth-order valence-corrected chi connectivity index (χ4v) is 22.7. The number of fused-ring (bicyclic) bond motifs is 9. The van der Waals surface area contributed by atoms with Gasteiger partial charge in [0.15, 0.2) is 0 Å². The summed E-state index contributed by atoms with van der Waals surface area (Å²) in [5, 5.41) is 0. The Kier molecular flexibility index (Phi) is 12.6. The third-order valence-electron chi connectivity index (χ3n) is 24.8. The molecule has 11 heteroatoms. The number of rotatable bonds is 6. The molecule has 524 valence electrons. The SMILES string of the molecule is CC(C)(C)c1cc2c3c(c1)N(c1ccccc1)c1cc(C(C)(C)C)cc4c1N3c1c(ccc3c1B2c1ccc2c5c1N3c1c(-c3ccccc3)[se]c(-c3ccccc3)c1N5c1ccc3c5c1B2c1ccc(C(C)(C)C)c2c1N5c1c(cc(C(C)(C)C)cc1N2c1ccccc1)N3c1ccccc1)N4c1ccccc1. The second kappa shape index (κ2) is 21.6. The summed E-state index contributed by atoms with van der Waals surface area (Å²) >= 11 is -0.179. The molecule has 0 unspecified atom stereocenters. The topological polar surface area (TPSA) is 25.9 Å². The maximum atomic E-state index is 2.85. The van der Waals surface area contributed by atoms with Crippen LogP contribution in [0.1, 0.15) is 105 Å². The molecular formula is C98H80B2N8Se. The molecule has 9 aliphatic rings. The van der Waals surface area contributed by atoms with Crippen molar-refractivity contribution >= 4 is 197 Å². The number of nitrogens with zero attached hydrogens (tertiary/aromatic N) is 8. The first-order valence-corrected chi connectivity index (χ1v) is 40.5. The summed E-state index contributed by atoms with van der Waals surface area (Å²) in [4.78, 5) is 21.8. The first-order valence-electron chi connectivity index (χ1n) is 38.8. The van der Waals surface area contributed by atoms with E-state index in [1.165, 1.54) is 189 Å². The summed E-state index contributed by atoms with van der Waals surface area (Å²) in [6, 6.07) is 104. The molecule has 0 atom stereocenters. The van der Waals surface area contributed by atoms with E-state index in [9.17, 15) is 0 Å². The van der Waals surface area contributed by atoms with Crippen LogP contribution >= 0.6 is 0 Å². The summed E-state index contributed by atoms with van der Waals surface area (Å²) in [5.41, 5.74) is 43.9. The van der Waals surface area contributed by atoms with Gasteiger partial charge in [0.2, 0.25) is 0 Å². The van der Waals surface area contributed by atoms with E-state index in [-0.39, 0.29) is 49.6 Å². The summed E-state index contributed by atoms with van der Waals surface area (Å²) in [6.07, 6.45) is 0. The standard InChI is InChI=1S/C98H80B2N8Se/c1-95(2,3)59-51-70-83-75(52-59)103(64-39-27-17-28-40-64)78-55-60(96(4,5)6)53-76-87(78)107(83)89-73(101(76)62-35-23-15-24-36-62)49-48-72-81(89)100(70)69-46-45-68-85-86(69)106(72)92-91(93(57-31-19-13-20-32-57)109-94(92)58-33-21-14-22-34-58)105(85)71-47-50-74-90-80(71)99(68)67-44-43-66(98(10,11)12)82-84(67)108(90)88-77(102(74)63-37-25-16-26-38-63)54-61(97(7,8)9)56-79(88)104(82)65-41-29-18-30-42-65/h13-56H,1-12H3. The van der Waals surface area contributed by atoms with Crippen molar-refractivity contribution in [2.75, 3.05) is 39.2 Å². The molecule has 0 radical (unpaired) electrons. The Bertz CT molecular complexity index is 6330. The van der Waals surface area contributed by atoms with Gasteiger partial charge in [-0.05, 0) is 0 Å². The van der Waals surface area contributed by atoms with Gasteiger partial charge < -0.3 is 0 Å². The molecule has 0 aliphatic carbocycles. The quantitative estimate of drug-likeness (QED) is 0.152. The van der Waals surface area contributed by atoms with E-state index in [1.807, 2.05) is 0 Å². The van der Waals surface area contributed by atoms with E-state index >= 15 is 0 Å². The van der Waals surface area contributed by atoms with Gasteiger partial charge in [0.25, 0.3) is 0 Å². The van der Waals surface area contributed by atoms with Crippen LogP contribution in [-0.2, 0) is 21.7 Å². The Balaban J connectivity index is 0.889. The van der Waals surface area contributed by atoms with Crippen LogP contribution in [0.25, 0.3) is 20.0 Å². The Labute approximate surface area is 645 Å². The van der Waals surface area contributed by atoms with Crippen LogP contribution in [-0.4, -0.2) is 27.9 Å². The van der Waals surface area contributed by atoms with E-state index in [0.29, 0.717) is 0 Å². The van der Waals surface area contributed by atoms with E-state index in [1.54, 1.807) is 0 Å². The third-order valence-corrected chi connectivity index (χ3v) is 27.5. The molecule has 0 fully saturated rings. The minimum absolute atomic E-state index is 0.178. The van der Waals surface area contributed by atoms with Crippen LogP contribution < -0.4 is 72.0 Å². The van der Waals surface area contributed by atoms with Crippen LogP contribution in [0.15, 0.2) is 267 Å². The minimum atomic E-state index is -0.248. The molecule has 13 aromatic carbocycles. The van der Waals surface area contributed by atoms with Gasteiger partial charge in [0.05, 0.1) is 0 Å². The molecule has 0 bridgehead atoms. The molecule has 0 spiro atoms. The van der Waals surface area contributed by atoms with Gasteiger partial charge >= 0.3 is 572 Å². The van der Waals surface area contributed by atoms with Crippen molar-refractivity contribution in [1.82, 2.24) is 0 Å². The molecule has 1 aromatic heterocycles. The van der Waals surface area contributed by atoms with Crippen molar-refractivity contribution in [3.05, 3.63) is 289 Å². The molecule has 0 saturated carbocycles. The first kappa shape index (κ1) is 63.5. The van der Waals surface area contributed by atoms with Crippen LogP contribution in [0.5, 0.6) is 0 Å². The number of hydrogen-bond donors (Lipinski definition) is 0. The van der Waals surface area contributed by atoms with Crippen molar-refractivity contribution in [3.8, 4) is 20.0 Å². The van der Waals surface area contributed by atoms with Gasteiger partial charge in [0, 0.05) is 0 Å². The van der Waals surface area contributed by atoms with Crippen LogP contribution in [0.2, 0.25) is 0 Å². The van der Waals surface area contributed by atoms with Gasteiger partial charge in [-0.25, -0.2) is 0 Å². The van der Waals surface area contributed by atoms with E-state index in [2.05, 4.69) is 389 Å². The summed E-state index contributed by atoms with van der Waals surface area (Å²) in [5.74, 6) is 0. The number of benzene rings is 13. The second-order valence-electron chi connectivity index (χ2n) is 35.3. The Morgan fingerprint density at radius 2 is 0.532 bits per heavy atom. The number of anilines is 24. The fourth-order valence-electron chi connectivity index (χ4n) is 20.0. The molecule has 9 aliphatic heterocycles. The molecule has 109 heavy (non-hydrogen) atoms. The zero-order chi connectivity index (χ0) is 73.5. The van der Waals surface area contributed by atoms with E-state index < -0.39 is 0 Å². The molecule has 0 N–H and O–H groups in total. The third kappa shape index (κ3) is 8.37. The second-order valence-corrected chi connectivity index (χ2v) is 37.5. The predicted octanol–water partition coefficient (Wildman–Crippen LogP) is 22.9. The number of hydrogen-bond acceptors (Lipinski definition) is 8. The molecule has 0 amide bonds. The average Bonchev–Trinajstić information content (AvgIpc) is 1.46. The Morgan fingerprint density at radius 1 is 0.220 bits per heavy atom. The summed E-state index contributed by atoms with van der Waals surface area (Å²) in [6.45, 7) is 28.3. The zero-order valence-corrected chi connectivity index (χ0v) is 65.3. The zero-order valence-electron chi connectivity index (χ0n) is 63.5. The Morgan fingerprint density at radius 3 is 0.927 bits per heavy atom. The molecule has 0 saturated heterocycles. The van der Waals surface area contributed by atoms with Crippen molar-refractivity contribution in [2.24, 2.45) is 0 Å². The van der Waals surface area contributed by atoms with Gasteiger partial charge in [-0.3, -0.25) is 0 Å².